The first-order chi connectivity index (χ1) is 21.8. The number of halogens is 1. The number of rotatable bonds is 18. The summed E-state index contributed by atoms with van der Waals surface area (Å²) in [6.45, 7) is 4.08. The van der Waals surface area contributed by atoms with Gasteiger partial charge >= 0.3 is 0 Å². The Balaban J connectivity index is 1.17. The Morgan fingerprint density at radius 1 is 1.04 bits per heavy atom. The van der Waals surface area contributed by atoms with Crippen molar-refractivity contribution in [2.75, 3.05) is 45.5 Å². The van der Waals surface area contributed by atoms with E-state index < -0.39 is 18.4 Å². The summed E-state index contributed by atoms with van der Waals surface area (Å²) < 4.78 is 18.6. The standard InChI is InChI=1S/C31H48ClN5O8/c1-20-35-28-27(31(42)36-20)23(18-37(28)26-16-24(39)25(19-38)45-26)17-34-30(41)22-8-6-21(7-9-22)29(40)33-11-13-44-15-14-43-12-5-3-2-4-10-32/h18,21-22,24-26,38-39H,2-17,19H2,1H3,(H,33,40)(H,34,41)(H,35,36,42)/t21?,22?,24?,25-,26-/m1/s1. The van der Waals surface area contributed by atoms with Crippen molar-refractivity contribution in [2.45, 2.75) is 89.7 Å². The molecule has 1 saturated carbocycles. The Morgan fingerprint density at radius 2 is 1.71 bits per heavy atom. The summed E-state index contributed by atoms with van der Waals surface area (Å²) in [4.78, 5) is 45.8. The number of carbonyl (C=O) groups is 2. The van der Waals surface area contributed by atoms with Crippen molar-refractivity contribution >= 4 is 34.4 Å². The molecule has 45 heavy (non-hydrogen) atoms. The second-order valence-corrected chi connectivity index (χ2v) is 12.3. The Hall–Kier alpha value is -2.55. The van der Waals surface area contributed by atoms with E-state index in [4.69, 9.17) is 25.8 Å². The number of hydrogen-bond donors (Lipinski definition) is 5. The second-order valence-electron chi connectivity index (χ2n) is 11.9. The van der Waals surface area contributed by atoms with Crippen molar-refractivity contribution in [1.29, 1.82) is 0 Å². The van der Waals surface area contributed by atoms with Gasteiger partial charge in [-0.3, -0.25) is 14.4 Å². The molecule has 5 N–H and O–H groups in total. The fraction of sp³-hybridized carbons (Fsp3) is 0.742. The third-order valence-corrected chi connectivity index (χ3v) is 8.85. The number of alkyl halides is 1. The molecule has 1 aliphatic carbocycles. The van der Waals surface area contributed by atoms with Crippen LogP contribution in [0.25, 0.3) is 11.0 Å². The maximum Gasteiger partial charge on any atom is 0.260 e. The molecule has 0 radical (unpaired) electrons. The molecule has 2 amide bonds. The molecule has 0 bridgehead atoms. The predicted octanol–water partition coefficient (Wildman–Crippen LogP) is 2.04. The van der Waals surface area contributed by atoms with Gasteiger partial charge in [0, 0.05) is 55.6 Å². The van der Waals surface area contributed by atoms with Crippen LogP contribution in [0.3, 0.4) is 0 Å². The number of hydrogen-bond acceptors (Lipinski definition) is 9. The van der Waals surface area contributed by atoms with Gasteiger partial charge in [0.05, 0.1) is 37.9 Å². The Morgan fingerprint density at radius 3 is 2.38 bits per heavy atom. The van der Waals surface area contributed by atoms with E-state index in [1.807, 2.05) is 0 Å². The lowest BCUT2D eigenvalue weighted by molar-refractivity contribution is -0.130. The number of nitrogens with zero attached hydrogens (tertiary/aromatic N) is 2. The molecule has 4 rings (SSSR count). The zero-order chi connectivity index (χ0) is 32.2. The van der Waals surface area contributed by atoms with Crippen molar-refractivity contribution < 1.29 is 34.0 Å². The number of aryl methyl sites for hydroxylation is 1. The Labute approximate surface area is 268 Å². The molecule has 0 spiro atoms. The maximum absolute atomic E-state index is 13.1. The van der Waals surface area contributed by atoms with Crippen molar-refractivity contribution in [3.8, 4) is 0 Å². The van der Waals surface area contributed by atoms with Crippen LogP contribution >= 0.6 is 11.6 Å². The molecular formula is C31H48ClN5O8. The molecule has 1 saturated heterocycles. The Bertz CT molecular complexity index is 1290. The number of aromatic nitrogens is 3. The monoisotopic (exact) mass is 653 g/mol. The number of H-pyrrole nitrogens is 1. The zero-order valence-corrected chi connectivity index (χ0v) is 26.9. The third-order valence-electron chi connectivity index (χ3n) is 8.59. The maximum atomic E-state index is 13.1. The van der Waals surface area contributed by atoms with Crippen LogP contribution in [0.15, 0.2) is 11.0 Å². The number of fused-ring (bicyclic) bond motifs is 1. The second kappa shape index (κ2) is 18.0. The van der Waals surface area contributed by atoms with Gasteiger partial charge in [0.1, 0.15) is 23.8 Å². The molecule has 3 atom stereocenters. The summed E-state index contributed by atoms with van der Waals surface area (Å²) in [5.41, 5.74) is 0.649. The number of nitrogens with one attached hydrogen (secondary N) is 3. The summed E-state index contributed by atoms with van der Waals surface area (Å²) >= 11 is 5.67. The predicted molar refractivity (Wildman–Crippen MR) is 168 cm³/mol. The largest absolute Gasteiger partial charge is 0.394 e. The van der Waals surface area contributed by atoms with Gasteiger partial charge in [-0.25, -0.2) is 4.98 Å². The normalized spacial score (nSPS) is 23.4. The molecule has 0 aromatic carbocycles. The number of amides is 2. The number of aromatic amines is 1. The highest BCUT2D eigenvalue weighted by molar-refractivity contribution is 6.17. The minimum Gasteiger partial charge on any atom is -0.394 e. The van der Waals surface area contributed by atoms with Crippen molar-refractivity contribution in [3.05, 3.63) is 27.9 Å². The summed E-state index contributed by atoms with van der Waals surface area (Å²) in [6, 6.07) is 0. The van der Waals surface area contributed by atoms with Crippen LogP contribution in [-0.4, -0.2) is 94.2 Å². The molecule has 2 aromatic heterocycles. The van der Waals surface area contributed by atoms with E-state index >= 15 is 0 Å². The number of ether oxygens (including phenoxy) is 3. The number of aliphatic hydroxyl groups excluding tert-OH is 2. The topological polar surface area (TPSA) is 177 Å². The van der Waals surface area contributed by atoms with Gasteiger partial charge in [0.15, 0.2) is 0 Å². The van der Waals surface area contributed by atoms with E-state index in [-0.39, 0.29) is 48.8 Å². The zero-order valence-electron chi connectivity index (χ0n) is 26.1. The molecule has 2 fully saturated rings. The summed E-state index contributed by atoms with van der Waals surface area (Å²) in [6.07, 6.45) is 6.55. The molecule has 3 heterocycles. The van der Waals surface area contributed by atoms with E-state index in [0.29, 0.717) is 80.3 Å². The van der Waals surface area contributed by atoms with Crippen LogP contribution in [0, 0.1) is 18.8 Å². The lowest BCUT2D eigenvalue weighted by Crippen LogP contribution is -2.38. The van der Waals surface area contributed by atoms with Crippen LogP contribution in [-0.2, 0) is 30.3 Å². The molecular weight excluding hydrogens is 606 g/mol. The van der Waals surface area contributed by atoms with E-state index in [9.17, 15) is 24.6 Å². The minimum absolute atomic E-state index is 0.0110. The minimum atomic E-state index is -0.842. The first-order valence-electron chi connectivity index (χ1n) is 16.1. The third kappa shape index (κ3) is 9.97. The van der Waals surface area contributed by atoms with Gasteiger partial charge < -0.3 is 44.6 Å². The van der Waals surface area contributed by atoms with Gasteiger partial charge in [0.25, 0.3) is 5.56 Å². The number of carbonyl (C=O) groups excluding carboxylic acids is 2. The van der Waals surface area contributed by atoms with Crippen molar-refractivity contribution in [2.24, 2.45) is 11.8 Å². The van der Waals surface area contributed by atoms with E-state index in [2.05, 4.69) is 20.6 Å². The smallest absolute Gasteiger partial charge is 0.260 e. The molecule has 13 nitrogen and oxygen atoms in total. The molecule has 2 aromatic rings. The van der Waals surface area contributed by atoms with Crippen LogP contribution in [0.1, 0.15) is 75.4 Å². The fourth-order valence-electron chi connectivity index (χ4n) is 6.05. The summed E-state index contributed by atoms with van der Waals surface area (Å²) in [5.74, 6) is 0.655. The van der Waals surface area contributed by atoms with Crippen LogP contribution in [0.5, 0.6) is 0 Å². The SMILES string of the molecule is Cc1nc2c(c(CNC(=O)C3CCC(C(=O)NCCOCCOCCCCCCCl)CC3)cn2[C@H]2CC(O)[C@@H](CO)O2)c(=O)[nH]1. The van der Waals surface area contributed by atoms with E-state index in [1.54, 1.807) is 17.7 Å². The fourth-order valence-corrected chi connectivity index (χ4v) is 6.24. The average molecular weight is 654 g/mol. The highest BCUT2D eigenvalue weighted by Crippen LogP contribution is 2.33. The summed E-state index contributed by atoms with van der Waals surface area (Å²) in [5, 5.41) is 26.0. The quantitative estimate of drug-likeness (QED) is 0.119. The average Bonchev–Trinajstić information content (AvgIpc) is 3.60. The van der Waals surface area contributed by atoms with Crippen molar-refractivity contribution in [1.82, 2.24) is 25.2 Å². The van der Waals surface area contributed by atoms with Crippen molar-refractivity contribution in [3.63, 3.8) is 0 Å². The lowest BCUT2D eigenvalue weighted by atomic mass is 9.81. The van der Waals surface area contributed by atoms with Gasteiger partial charge in [0.2, 0.25) is 11.8 Å². The molecule has 1 aliphatic heterocycles. The molecule has 14 heteroatoms. The van der Waals surface area contributed by atoms with Crippen LogP contribution in [0.4, 0.5) is 0 Å². The van der Waals surface area contributed by atoms with E-state index in [0.717, 1.165) is 32.3 Å². The van der Waals surface area contributed by atoms with E-state index in [1.165, 1.54) is 0 Å². The first-order valence-corrected chi connectivity index (χ1v) is 16.7. The van der Waals surface area contributed by atoms with Gasteiger partial charge in [-0.05, 0) is 45.4 Å². The number of aliphatic hydroxyl groups is 2. The highest BCUT2D eigenvalue weighted by atomic mass is 35.5. The molecule has 252 valence electrons. The molecule has 2 aliphatic rings. The van der Waals surface area contributed by atoms with Crippen LogP contribution in [0.2, 0.25) is 0 Å². The molecule has 1 unspecified atom stereocenters. The summed E-state index contributed by atoms with van der Waals surface area (Å²) in [7, 11) is 0. The Kier molecular flexibility index (Phi) is 14.1. The first kappa shape index (κ1) is 35.3. The van der Waals surface area contributed by atoms with Crippen LogP contribution < -0.4 is 16.2 Å². The highest BCUT2D eigenvalue weighted by Gasteiger charge is 2.36. The van der Waals surface area contributed by atoms with Gasteiger partial charge in [-0.15, -0.1) is 11.6 Å². The van der Waals surface area contributed by atoms with Gasteiger partial charge in [-0.2, -0.15) is 0 Å². The van der Waals surface area contributed by atoms with Gasteiger partial charge in [-0.1, -0.05) is 12.8 Å². The number of unbranched alkanes of at least 4 members (excludes halogenated alkanes) is 3. The lowest BCUT2D eigenvalue weighted by Gasteiger charge is -2.27.